The predicted molar refractivity (Wildman–Crippen MR) is 124 cm³/mol. The van der Waals surface area contributed by atoms with E-state index in [0.717, 1.165) is 24.0 Å². The van der Waals surface area contributed by atoms with E-state index in [0.29, 0.717) is 23.0 Å². The van der Waals surface area contributed by atoms with E-state index in [2.05, 4.69) is 22.5 Å². The molecule has 0 saturated heterocycles. The van der Waals surface area contributed by atoms with Crippen LogP contribution in [0.15, 0.2) is 42.5 Å². The van der Waals surface area contributed by atoms with Crippen molar-refractivity contribution in [3.63, 3.8) is 0 Å². The quantitative estimate of drug-likeness (QED) is 0.529. The van der Waals surface area contributed by atoms with Crippen molar-refractivity contribution in [2.75, 3.05) is 19.5 Å². The molecule has 0 aliphatic heterocycles. The van der Waals surface area contributed by atoms with Crippen LogP contribution in [0.3, 0.4) is 0 Å². The van der Waals surface area contributed by atoms with E-state index < -0.39 is 11.9 Å². The van der Waals surface area contributed by atoms with Crippen LogP contribution in [-0.4, -0.2) is 41.6 Å². The SMILES string of the molecule is CCCn1c(NC(=O)[C@H](NC(=O)c2cc(OC)cc(OC)c2)C(C)C)nc2ccccc21. The van der Waals surface area contributed by atoms with Crippen molar-refractivity contribution in [2.24, 2.45) is 5.92 Å². The van der Waals surface area contributed by atoms with Gasteiger partial charge < -0.3 is 19.4 Å². The second-order valence-electron chi connectivity index (χ2n) is 7.86. The Morgan fingerprint density at radius 1 is 1.06 bits per heavy atom. The maximum absolute atomic E-state index is 13.2. The molecule has 0 aliphatic rings. The maximum Gasteiger partial charge on any atom is 0.252 e. The van der Waals surface area contributed by atoms with E-state index in [4.69, 9.17) is 9.47 Å². The highest BCUT2D eigenvalue weighted by Gasteiger charge is 2.27. The van der Waals surface area contributed by atoms with Crippen LogP contribution < -0.4 is 20.1 Å². The van der Waals surface area contributed by atoms with Gasteiger partial charge in [-0.05, 0) is 36.6 Å². The minimum atomic E-state index is -0.755. The number of imidazole rings is 1. The molecule has 3 rings (SSSR count). The zero-order chi connectivity index (χ0) is 23.3. The van der Waals surface area contributed by atoms with Crippen LogP contribution in [0.1, 0.15) is 37.6 Å². The van der Waals surface area contributed by atoms with Gasteiger partial charge in [-0.1, -0.05) is 32.9 Å². The molecule has 1 heterocycles. The Balaban J connectivity index is 1.84. The van der Waals surface area contributed by atoms with E-state index in [-0.39, 0.29) is 11.8 Å². The normalized spacial score (nSPS) is 11.9. The molecule has 0 spiro atoms. The summed E-state index contributed by atoms with van der Waals surface area (Å²) in [4.78, 5) is 30.7. The molecule has 2 N–H and O–H groups in total. The van der Waals surface area contributed by atoms with Gasteiger partial charge in [0.25, 0.3) is 5.91 Å². The van der Waals surface area contributed by atoms with Crippen LogP contribution in [-0.2, 0) is 11.3 Å². The first-order valence-electron chi connectivity index (χ1n) is 10.7. The smallest absolute Gasteiger partial charge is 0.252 e. The molecule has 8 heteroatoms. The molecule has 32 heavy (non-hydrogen) atoms. The van der Waals surface area contributed by atoms with Crippen molar-refractivity contribution < 1.29 is 19.1 Å². The molecule has 170 valence electrons. The second-order valence-corrected chi connectivity index (χ2v) is 7.86. The number of methoxy groups -OCH3 is 2. The summed E-state index contributed by atoms with van der Waals surface area (Å²) in [5.74, 6) is 0.604. The Labute approximate surface area is 187 Å². The number of hydrogen-bond donors (Lipinski definition) is 2. The fourth-order valence-electron chi connectivity index (χ4n) is 3.51. The van der Waals surface area contributed by atoms with Crippen molar-refractivity contribution in [1.82, 2.24) is 14.9 Å². The fraction of sp³-hybridized carbons (Fsp3) is 0.375. The van der Waals surface area contributed by atoms with Crippen molar-refractivity contribution in [1.29, 1.82) is 0 Å². The summed E-state index contributed by atoms with van der Waals surface area (Å²) in [6.07, 6.45) is 0.894. The maximum atomic E-state index is 13.2. The summed E-state index contributed by atoms with van der Waals surface area (Å²) in [7, 11) is 3.03. The van der Waals surface area contributed by atoms with Gasteiger partial charge in [0.1, 0.15) is 17.5 Å². The minimum absolute atomic E-state index is 0.143. The van der Waals surface area contributed by atoms with E-state index in [1.807, 2.05) is 42.7 Å². The Kier molecular flexibility index (Phi) is 7.35. The Hall–Kier alpha value is -3.55. The number of fused-ring (bicyclic) bond motifs is 1. The van der Waals surface area contributed by atoms with E-state index in [1.165, 1.54) is 14.2 Å². The summed E-state index contributed by atoms with van der Waals surface area (Å²) in [5.41, 5.74) is 2.11. The van der Waals surface area contributed by atoms with Crippen molar-refractivity contribution in [2.45, 2.75) is 39.8 Å². The standard InChI is InChI=1S/C24H30N4O4/c1-6-11-28-20-10-8-7-9-19(20)25-24(28)27-23(30)21(15(2)3)26-22(29)16-12-17(31-4)14-18(13-16)32-5/h7-10,12-15,21H,6,11H2,1-5H3,(H,26,29)(H,25,27,30)/t21-/m1/s1. The van der Waals surface area contributed by atoms with E-state index in [1.54, 1.807) is 18.2 Å². The van der Waals surface area contributed by atoms with Gasteiger partial charge >= 0.3 is 0 Å². The molecular weight excluding hydrogens is 408 g/mol. The number of hydrogen-bond acceptors (Lipinski definition) is 5. The average molecular weight is 439 g/mol. The number of nitrogens with one attached hydrogen (secondary N) is 2. The van der Waals surface area contributed by atoms with Gasteiger partial charge in [-0.3, -0.25) is 14.9 Å². The number of para-hydroxylation sites is 2. The topological polar surface area (TPSA) is 94.5 Å². The van der Waals surface area contributed by atoms with Crippen LogP contribution in [0, 0.1) is 5.92 Å². The highest BCUT2D eigenvalue weighted by atomic mass is 16.5. The first-order valence-corrected chi connectivity index (χ1v) is 10.7. The highest BCUT2D eigenvalue weighted by Crippen LogP contribution is 2.23. The number of ether oxygens (including phenoxy) is 2. The van der Waals surface area contributed by atoms with Crippen LogP contribution in [0.5, 0.6) is 11.5 Å². The van der Waals surface area contributed by atoms with Gasteiger partial charge in [0, 0.05) is 18.2 Å². The van der Waals surface area contributed by atoms with Gasteiger partial charge in [0.15, 0.2) is 0 Å². The number of aromatic nitrogens is 2. The Morgan fingerprint density at radius 3 is 2.31 bits per heavy atom. The Morgan fingerprint density at radius 2 is 1.72 bits per heavy atom. The van der Waals surface area contributed by atoms with Crippen LogP contribution in [0.25, 0.3) is 11.0 Å². The molecular formula is C24H30N4O4. The third kappa shape index (κ3) is 5.01. The van der Waals surface area contributed by atoms with Gasteiger partial charge in [-0.2, -0.15) is 0 Å². The lowest BCUT2D eigenvalue weighted by Crippen LogP contribution is -2.47. The summed E-state index contributed by atoms with van der Waals surface area (Å²) in [6.45, 7) is 6.55. The lowest BCUT2D eigenvalue weighted by molar-refractivity contribution is -0.119. The Bertz CT molecular complexity index is 1080. The molecule has 1 aromatic heterocycles. The number of rotatable bonds is 9. The van der Waals surface area contributed by atoms with Gasteiger partial charge in [0.2, 0.25) is 11.9 Å². The van der Waals surface area contributed by atoms with Gasteiger partial charge in [0.05, 0.1) is 25.3 Å². The number of carbonyl (C=O) groups excluding carboxylic acids is 2. The zero-order valence-electron chi connectivity index (χ0n) is 19.1. The third-order valence-corrected chi connectivity index (χ3v) is 5.19. The minimum Gasteiger partial charge on any atom is -0.497 e. The molecule has 0 fully saturated rings. The summed E-state index contributed by atoms with van der Waals surface area (Å²) < 4.78 is 12.5. The van der Waals surface area contributed by atoms with Crippen LogP contribution >= 0.6 is 0 Å². The summed E-state index contributed by atoms with van der Waals surface area (Å²) >= 11 is 0. The van der Waals surface area contributed by atoms with E-state index in [9.17, 15) is 9.59 Å². The second kappa shape index (κ2) is 10.2. The molecule has 0 radical (unpaired) electrons. The number of benzene rings is 2. The van der Waals surface area contributed by atoms with E-state index >= 15 is 0 Å². The fourth-order valence-corrected chi connectivity index (χ4v) is 3.51. The molecule has 3 aromatic rings. The van der Waals surface area contributed by atoms with Crippen molar-refractivity contribution in [3.8, 4) is 11.5 Å². The first kappa shape index (κ1) is 23.1. The molecule has 8 nitrogen and oxygen atoms in total. The first-order chi connectivity index (χ1) is 15.4. The zero-order valence-corrected chi connectivity index (χ0v) is 19.1. The summed E-state index contributed by atoms with van der Waals surface area (Å²) in [5, 5.41) is 5.76. The molecule has 0 bridgehead atoms. The molecule has 0 aliphatic carbocycles. The molecule has 2 aromatic carbocycles. The summed E-state index contributed by atoms with van der Waals surface area (Å²) in [6, 6.07) is 11.9. The van der Waals surface area contributed by atoms with Crippen LogP contribution in [0.4, 0.5) is 5.95 Å². The monoisotopic (exact) mass is 438 g/mol. The number of aryl methyl sites for hydroxylation is 1. The number of anilines is 1. The average Bonchev–Trinajstić information content (AvgIpc) is 3.13. The predicted octanol–water partition coefficient (Wildman–Crippen LogP) is 3.86. The molecule has 0 saturated carbocycles. The number of nitrogens with zero attached hydrogens (tertiary/aromatic N) is 2. The largest absolute Gasteiger partial charge is 0.497 e. The number of amides is 2. The van der Waals surface area contributed by atoms with Crippen LogP contribution in [0.2, 0.25) is 0 Å². The van der Waals surface area contributed by atoms with Crippen molar-refractivity contribution >= 4 is 28.8 Å². The molecule has 0 unspecified atom stereocenters. The van der Waals surface area contributed by atoms with Crippen molar-refractivity contribution in [3.05, 3.63) is 48.0 Å². The molecule has 1 atom stereocenters. The lowest BCUT2D eigenvalue weighted by atomic mass is 10.0. The highest BCUT2D eigenvalue weighted by molar-refractivity contribution is 6.01. The number of carbonyl (C=O) groups is 2. The third-order valence-electron chi connectivity index (χ3n) is 5.19. The molecule has 2 amide bonds. The van der Waals surface area contributed by atoms with Gasteiger partial charge in [-0.15, -0.1) is 0 Å². The lowest BCUT2D eigenvalue weighted by Gasteiger charge is -2.22. The van der Waals surface area contributed by atoms with Gasteiger partial charge in [-0.25, -0.2) is 4.98 Å².